The van der Waals surface area contributed by atoms with Gasteiger partial charge < -0.3 is 15.3 Å². The number of halogens is 1. The maximum atomic E-state index is 12.0. The molecule has 6 nitrogen and oxygen atoms in total. The molecule has 3 aromatic rings. The smallest absolute Gasteiger partial charge is 0.248 e. The number of amides is 2. The first-order valence-corrected chi connectivity index (χ1v) is 9.96. The largest absolute Gasteiger partial charge is 0.508 e. The number of anilines is 2. The average Bonchev–Trinajstić information content (AvgIpc) is 2.87. The van der Waals surface area contributed by atoms with Crippen LogP contribution in [0.4, 0.5) is 11.4 Å². The van der Waals surface area contributed by atoms with E-state index in [4.69, 9.17) is 16.7 Å². The molecule has 1 heterocycles. The van der Waals surface area contributed by atoms with Gasteiger partial charge in [0.05, 0.1) is 11.4 Å². The van der Waals surface area contributed by atoms with E-state index in [1.165, 1.54) is 19.1 Å². The Hall–Kier alpha value is -3.64. The molecule has 158 valence electrons. The van der Waals surface area contributed by atoms with Crippen LogP contribution in [0.3, 0.4) is 0 Å². The number of phenolic OH excluding ortho intramolecular Hbond substituents is 1. The van der Waals surface area contributed by atoms with Crippen LogP contribution in [0.1, 0.15) is 18.1 Å². The zero-order chi connectivity index (χ0) is 22.4. The summed E-state index contributed by atoms with van der Waals surface area (Å²) in [5, 5.41) is 12.1. The van der Waals surface area contributed by atoms with Crippen molar-refractivity contribution in [1.82, 2.24) is 0 Å². The minimum atomic E-state index is -0.115. The third-order valence-corrected chi connectivity index (χ3v) is 4.79. The normalized spacial score (nSPS) is 12.7. The van der Waals surface area contributed by atoms with Crippen LogP contribution in [0.2, 0.25) is 5.02 Å². The highest BCUT2D eigenvalue weighted by Crippen LogP contribution is 2.28. The van der Waals surface area contributed by atoms with Crippen LogP contribution in [0.5, 0.6) is 5.75 Å². The molecule has 2 N–H and O–H groups in total. The lowest BCUT2D eigenvalue weighted by atomic mass is 10.0. The van der Waals surface area contributed by atoms with Crippen molar-refractivity contribution in [2.75, 3.05) is 23.8 Å². The average molecular weight is 436 g/mol. The molecule has 0 bridgehead atoms. The van der Waals surface area contributed by atoms with E-state index in [0.29, 0.717) is 10.7 Å². The van der Waals surface area contributed by atoms with Gasteiger partial charge in [0.2, 0.25) is 11.8 Å². The van der Waals surface area contributed by atoms with Crippen LogP contribution in [0, 0.1) is 0 Å². The van der Waals surface area contributed by atoms with Gasteiger partial charge in [0.15, 0.2) is 0 Å². The molecular weight excluding hydrogens is 414 g/mol. The number of carbonyl (C=O) groups is 2. The predicted molar refractivity (Wildman–Crippen MR) is 124 cm³/mol. The van der Waals surface area contributed by atoms with Crippen molar-refractivity contribution in [3.8, 4) is 5.75 Å². The van der Waals surface area contributed by atoms with Gasteiger partial charge in [-0.1, -0.05) is 41.9 Å². The second kappa shape index (κ2) is 9.91. The Kier molecular flexibility index (Phi) is 7.05. The van der Waals surface area contributed by atoms with Gasteiger partial charge in [-0.05, 0) is 42.5 Å². The fourth-order valence-corrected chi connectivity index (χ4v) is 3.23. The highest BCUT2D eigenvalue weighted by Gasteiger charge is 2.22. The van der Waals surface area contributed by atoms with Crippen LogP contribution < -0.4 is 10.2 Å². The fourth-order valence-electron chi connectivity index (χ4n) is 3.05. The Morgan fingerprint density at radius 2 is 1.74 bits per heavy atom. The van der Waals surface area contributed by atoms with E-state index in [1.807, 2.05) is 42.5 Å². The van der Waals surface area contributed by atoms with Crippen LogP contribution in [-0.2, 0) is 9.59 Å². The van der Waals surface area contributed by atoms with E-state index in [2.05, 4.69) is 10.3 Å². The van der Waals surface area contributed by atoms with E-state index >= 15 is 0 Å². The Balaban J connectivity index is 0.000000210. The molecule has 2 amide bonds. The van der Waals surface area contributed by atoms with Gasteiger partial charge in [-0.25, -0.2) is 0 Å². The third kappa shape index (κ3) is 5.71. The summed E-state index contributed by atoms with van der Waals surface area (Å²) in [4.78, 5) is 28.7. The maximum absolute atomic E-state index is 12.0. The molecule has 7 heteroatoms. The van der Waals surface area contributed by atoms with Gasteiger partial charge in [0.1, 0.15) is 12.3 Å². The Morgan fingerprint density at radius 3 is 2.39 bits per heavy atom. The number of nitrogens with zero attached hydrogens (tertiary/aromatic N) is 2. The lowest BCUT2D eigenvalue weighted by Gasteiger charge is -2.18. The van der Waals surface area contributed by atoms with E-state index < -0.39 is 0 Å². The molecule has 3 aromatic carbocycles. The quantitative estimate of drug-likeness (QED) is 0.581. The van der Waals surface area contributed by atoms with Gasteiger partial charge in [-0.15, -0.1) is 0 Å². The monoisotopic (exact) mass is 435 g/mol. The van der Waals surface area contributed by atoms with E-state index in [9.17, 15) is 9.59 Å². The summed E-state index contributed by atoms with van der Waals surface area (Å²) in [6.45, 7) is 1.58. The Morgan fingerprint density at radius 1 is 1.06 bits per heavy atom. The second-order valence-corrected chi connectivity index (χ2v) is 7.31. The lowest BCUT2D eigenvalue weighted by molar-refractivity contribution is -0.117. The van der Waals surface area contributed by atoms with Crippen molar-refractivity contribution >= 4 is 40.5 Å². The van der Waals surface area contributed by atoms with Crippen molar-refractivity contribution in [3.63, 3.8) is 0 Å². The van der Waals surface area contributed by atoms with Crippen molar-refractivity contribution in [2.24, 2.45) is 4.99 Å². The van der Waals surface area contributed by atoms with Crippen molar-refractivity contribution in [1.29, 1.82) is 0 Å². The SMILES string of the molecule is CC(=O)Nc1ccc(O)cc1.CN1C(=O)CN=C(c2ccccc2)c2cc(Cl)ccc21. The molecule has 1 aliphatic rings. The Bertz CT molecular complexity index is 1110. The number of carbonyl (C=O) groups excluding carboxylic acids is 2. The highest BCUT2D eigenvalue weighted by molar-refractivity contribution is 6.32. The molecule has 0 aromatic heterocycles. The van der Waals surface area contributed by atoms with Gasteiger partial charge in [0.25, 0.3) is 0 Å². The molecule has 0 spiro atoms. The molecule has 0 radical (unpaired) electrons. The first kappa shape index (κ1) is 22.1. The molecule has 0 unspecified atom stereocenters. The summed E-state index contributed by atoms with van der Waals surface area (Å²) < 4.78 is 0. The summed E-state index contributed by atoms with van der Waals surface area (Å²) in [5.74, 6) is 0.0503. The number of benzodiazepines with no additional fused rings is 1. The highest BCUT2D eigenvalue weighted by atomic mass is 35.5. The number of hydrogen-bond donors (Lipinski definition) is 2. The topological polar surface area (TPSA) is 82.0 Å². The summed E-state index contributed by atoms with van der Waals surface area (Å²) in [7, 11) is 1.76. The maximum Gasteiger partial charge on any atom is 0.248 e. The number of fused-ring (bicyclic) bond motifs is 1. The molecule has 31 heavy (non-hydrogen) atoms. The summed E-state index contributed by atoms with van der Waals surface area (Å²) in [5.41, 5.74) is 4.20. The zero-order valence-corrected chi connectivity index (χ0v) is 17.9. The van der Waals surface area contributed by atoms with Gasteiger partial charge >= 0.3 is 0 Å². The van der Waals surface area contributed by atoms with Gasteiger partial charge in [-0.2, -0.15) is 0 Å². The number of aromatic hydroxyl groups is 1. The van der Waals surface area contributed by atoms with Crippen molar-refractivity contribution in [2.45, 2.75) is 6.92 Å². The van der Waals surface area contributed by atoms with Crippen LogP contribution in [-0.4, -0.2) is 36.2 Å². The predicted octanol–water partition coefficient (Wildman–Crippen LogP) is 4.50. The van der Waals surface area contributed by atoms with Gasteiger partial charge in [-0.3, -0.25) is 14.6 Å². The minimum Gasteiger partial charge on any atom is -0.508 e. The van der Waals surface area contributed by atoms with Crippen LogP contribution >= 0.6 is 11.6 Å². The summed E-state index contributed by atoms with van der Waals surface area (Å²) >= 11 is 6.11. The molecule has 0 atom stereocenters. The third-order valence-electron chi connectivity index (χ3n) is 4.56. The summed E-state index contributed by atoms with van der Waals surface area (Å²) in [6.07, 6.45) is 0. The van der Waals surface area contributed by atoms with E-state index in [1.54, 1.807) is 30.1 Å². The molecule has 0 saturated carbocycles. The number of hydrogen-bond acceptors (Lipinski definition) is 4. The lowest BCUT2D eigenvalue weighted by Crippen LogP contribution is -2.27. The van der Waals surface area contributed by atoms with Crippen LogP contribution in [0.15, 0.2) is 77.8 Å². The number of nitrogens with one attached hydrogen (secondary N) is 1. The number of rotatable bonds is 2. The second-order valence-electron chi connectivity index (χ2n) is 6.87. The van der Waals surface area contributed by atoms with E-state index in [0.717, 1.165) is 22.5 Å². The molecule has 4 rings (SSSR count). The standard InChI is InChI=1S/C16H13ClN2O.C8H9NO2/c1-19-14-8-7-12(17)9-13(14)16(18-10-15(19)20)11-5-3-2-4-6-11;1-6(10)9-7-2-4-8(11)5-3-7/h2-9H,10H2,1H3;2-5,11H,1H3,(H,9,10). The number of benzene rings is 3. The molecule has 0 fully saturated rings. The number of likely N-dealkylation sites (N-methyl/N-ethyl adjacent to an activating group) is 1. The summed E-state index contributed by atoms with van der Waals surface area (Å²) in [6, 6.07) is 21.7. The van der Waals surface area contributed by atoms with Gasteiger partial charge in [0, 0.05) is 35.8 Å². The minimum absolute atomic E-state index is 0.0282. The fraction of sp³-hybridized carbons (Fsp3) is 0.125. The van der Waals surface area contributed by atoms with Crippen LogP contribution in [0.25, 0.3) is 0 Å². The molecular formula is C24H22ClN3O3. The van der Waals surface area contributed by atoms with Crippen molar-refractivity contribution in [3.05, 3.63) is 88.9 Å². The van der Waals surface area contributed by atoms with Crippen molar-refractivity contribution < 1.29 is 14.7 Å². The first-order chi connectivity index (χ1) is 14.8. The number of aliphatic imine (C=N–C) groups is 1. The Labute approximate surface area is 185 Å². The van der Waals surface area contributed by atoms with E-state index in [-0.39, 0.29) is 24.1 Å². The number of phenols is 1. The molecule has 1 aliphatic heterocycles. The molecule has 0 saturated heterocycles. The first-order valence-electron chi connectivity index (χ1n) is 9.58. The zero-order valence-electron chi connectivity index (χ0n) is 17.2. The molecule has 0 aliphatic carbocycles.